The largest absolute Gasteiger partial charge is 0.309 e. The molecule has 112 valence electrons. The average molecular weight is 283 g/mol. The Morgan fingerprint density at radius 3 is 2.62 bits per heavy atom. The van der Waals surface area contributed by atoms with Crippen molar-refractivity contribution >= 4 is 10.9 Å². The molecule has 1 aromatic carbocycles. The van der Waals surface area contributed by atoms with E-state index in [0.717, 1.165) is 24.3 Å². The summed E-state index contributed by atoms with van der Waals surface area (Å²) in [5, 5.41) is 4.84. The van der Waals surface area contributed by atoms with Crippen LogP contribution in [0.15, 0.2) is 36.4 Å². The molecule has 2 aromatic rings. The van der Waals surface area contributed by atoms with Crippen LogP contribution in [0.3, 0.4) is 0 Å². The fraction of sp³-hybridized carbons (Fsp3) is 0.500. The summed E-state index contributed by atoms with van der Waals surface area (Å²) in [7, 11) is 4.42. The van der Waals surface area contributed by atoms with Crippen LogP contribution in [-0.4, -0.2) is 36.1 Å². The topological polar surface area (TPSA) is 28.2 Å². The Hall–Kier alpha value is -1.45. The van der Waals surface area contributed by atoms with Crippen LogP contribution in [0.5, 0.6) is 0 Å². The third-order valence-electron chi connectivity index (χ3n) is 4.90. The summed E-state index contributed by atoms with van der Waals surface area (Å²) >= 11 is 0. The highest BCUT2D eigenvalue weighted by Gasteiger charge is 2.35. The summed E-state index contributed by atoms with van der Waals surface area (Å²) in [4.78, 5) is 7.13. The van der Waals surface area contributed by atoms with Crippen LogP contribution in [0, 0.1) is 0 Å². The molecule has 0 radical (unpaired) electrons. The number of rotatable bonds is 5. The molecule has 0 unspecified atom stereocenters. The molecule has 0 saturated heterocycles. The summed E-state index contributed by atoms with van der Waals surface area (Å²) in [6.45, 7) is 1.90. The van der Waals surface area contributed by atoms with Gasteiger partial charge in [-0.3, -0.25) is 4.98 Å². The zero-order chi connectivity index (χ0) is 14.7. The number of hydrogen-bond acceptors (Lipinski definition) is 3. The van der Waals surface area contributed by atoms with Gasteiger partial charge in [0.25, 0.3) is 0 Å². The van der Waals surface area contributed by atoms with Crippen LogP contribution in [0.1, 0.15) is 31.4 Å². The van der Waals surface area contributed by atoms with E-state index in [1.165, 1.54) is 31.1 Å². The van der Waals surface area contributed by atoms with Gasteiger partial charge >= 0.3 is 0 Å². The monoisotopic (exact) mass is 283 g/mol. The number of pyridine rings is 1. The van der Waals surface area contributed by atoms with Gasteiger partial charge in [-0.2, -0.15) is 0 Å². The van der Waals surface area contributed by atoms with E-state index < -0.39 is 0 Å². The highest BCUT2D eigenvalue weighted by molar-refractivity contribution is 5.78. The first-order valence-electron chi connectivity index (χ1n) is 7.92. The number of benzene rings is 1. The van der Waals surface area contributed by atoms with Crippen LogP contribution >= 0.6 is 0 Å². The summed E-state index contributed by atoms with van der Waals surface area (Å²) in [5.41, 5.74) is 2.55. The first-order chi connectivity index (χ1) is 10.2. The molecule has 0 amide bonds. The first kappa shape index (κ1) is 14.5. The second kappa shape index (κ2) is 6.12. The minimum atomic E-state index is 0.344. The SMILES string of the molecule is CN(C)C1(CNCc2ccc3ccccc3n2)CCCC1. The van der Waals surface area contributed by atoms with Crippen molar-refractivity contribution in [2.75, 3.05) is 20.6 Å². The van der Waals surface area contributed by atoms with Crippen LogP contribution in [0.4, 0.5) is 0 Å². The molecule has 3 rings (SSSR count). The van der Waals surface area contributed by atoms with Crippen molar-refractivity contribution in [3.8, 4) is 0 Å². The summed E-state index contributed by atoms with van der Waals surface area (Å²) in [6.07, 6.45) is 5.32. The number of aromatic nitrogens is 1. The highest BCUT2D eigenvalue weighted by atomic mass is 15.2. The number of para-hydroxylation sites is 1. The zero-order valence-corrected chi connectivity index (χ0v) is 13.1. The van der Waals surface area contributed by atoms with Gasteiger partial charge in [-0.05, 0) is 39.1 Å². The summed E-state index contributed by atoms with van der Waals surface area (Å²) in [6, 6.07) is 12.6. The second-order valence-electron chi connectivity index (χ2n) is 6.42. The van der Waals surface area contributed by atoms with Crippen LogP contribution in [-0.2, 0) is 6.54 Å². The lowest BCUT2D eigenvalue weighted by Gasteiger charge is -2.36. The Labute approximate surface area is 127 Å². The Morgan fingerprint density at radius 2 is 1.86 bits per heavy atom. The number of nitrogens with zero attached hydrogens (tertiary/aromatic N) is 2. The second-order valence-corrected chi connectivity index (χ2v) is 6.42. The Kier molecular flexibility index (Phi) is 4.22. The Morgan fingerprint density at radius 1 is 1.10 bits per heavy atom. The lowest BCUT2D eigenvalue weighted by molar-refractivity contribution is 0.153. The predicted molar refractivity (Wildman–Crippen MR) is 88.3 cm³/mol. The summed E-state index contributed by atoms with van der Waals surface area (Å²) < 4.78 is 0. The molecule has 0 aliphatic heterocycles. The van der Waals surface area contributed by atoms with E-state index in [1.54, 1.807) is 0 Å². The van der Waals surface area contributed by atoms with E-state index in [9.17, 15) is 0 Å². The maximum atomic E-state index is 4.73. The van der Waals surface area contributed by atoms with E-state index in [2.05, 4.69) is 54.6 Å². The molecule has 1 aliphatic rings. The number of hydrogen-bond donors (Lipinski definition) is 1. The average Bonchev–Trinajstić information content (AvgIpc) is 2.97. The van der Waals surface area contributed by atoms with E-state index in [-0.39, 0.29) is 0 Å². The van der Waals surface area contributed by atoms with Crippen LogP contribution in [0.25, 0.3) is 10.9 Å². The summed E-state index contributed by atoms with van der Waals surface area (Å²) in [5.74, 6) is 0. The molecule has 0 atom stereocenters. The number of likely N-dealkylation sites (N-methyl/N-ethyl adjacent to an activating group) is 1. The van der Waals surface area contributed by atoms with Gasteiger partial charge < -0.3 is 10.2 Å². The van der Waals surface area contributed by atoms with Gasteiger partial charge in [0, 0.05) is 24.0 Å². The van der Waals surface area contributed by atoms with E-state index in [0.29, 0.717) is 5.54 Å². The molecule has 1 heterocycles. The fourth-order valence-corrected chi connectivity index (χ4v) is 3.45. The van der Waals surface area contributed by atoms with Crippen LogP contribution in [0.2, 0.25) is 0 Å². The fourth-order valence-electron chi connectivity index (χ4n) is 3.45. The first-order valence-corrected chi connectivity index (χ1v) is 7.92. The normalized spacial score (nSPS) is 17.7. The number of nitrogens with one attached hydrogen (secondary N) is 1. The van der Waals surface area contributed by atoms with Gasteiger partial charge in [0.2, 0.25) is 0 Å². The smallest absolute Gasteiger partial charge is 0.0705 e. The van der Waals surface area contributed by atoms with Gasteiger partial charge in [0.05, 0.1) is 11.2 Å². The van der Waals surface area contributed by atoms with Crippen molar-refractivity contribution in [2.45, 2.75) is 37.8 Å². The van der Waals surface area contributed by atoms with E-state index in [4.69, 9.17) is 4.98 Å². The van der Waals surface area contributed by atoms with Crippen molar-refractivity contribution in [1.29, 1.82) is 0 Å². The molecule has 21 heavy (non-hydrogen) atoms. The van der Waals surface area contributed by atoms with Gasteiger partial charge in [0.1, 0.15) is 0 Å². The van der Waals surface area contributed by atoms with Gasteiger partial charge in [0.15, 0.2) is 0 Å². The maximum Gasteiger partial charge on any atom is 0.0705 e. The molecule has 1 N–H and O–H groups in total. The van der Waals surface area contributed by atoms with Crippen molar-refractivity contribution in [2.24, 2.45) is 0 Å². The third-order valence-corrected chi connectivity index (χ3v) is 4.90. The molecule has 3 heteroatoms. The molecule has 0 bridgehead atoms. The van der Waals surface area contributed by atoms with Crippen molar-refractivity contribution < 1.29 is 0 Å². The van der Waals surface area contributed by atoms with E-state index in [1.807, 2.05) is 6.07 Å². The Bertz CT molecular complexity index is 600. The van der Waals surface area contributed by atoms with E-state index >= 15 is 0 Å². The number of fused-ring (bicyclic) bond motifs is 1. The maximum absolute atomic E-state index is 4.73. The van der Waals surface area contributed by atoms with Crippen molar-refractivity contribution in [3.63, 3.8) is 0 Å². The highest BCUT2D eigenvalue weighted by Crippen LogP contribution is 2.33. The lowest BCUT2D eigenvalue weighted by Crippen LogP contribution is -2.49. The Balaban J connectivity index is 1.63. The minimum Gasteiger partial charge on any atom is -0.309 e. The van der Waals surface area contributed by atoms with Gasteiger partial charge in [-0.25, -0.2) is 0 Å². The van der Waals surface area contributed by atoms with Crippen molar-refractivity contribution in [3.05, 3.63) is 42.1 Å². The lowest BCUT2D eigenvalue weighted by atomic mass is 9.96. The molecule has 0 spiro atoms. The third kappa shape index (κ3) is 3.09. The van der Waals surface area contributed by atoms with Gasteiger partial charge in [-0.15, -0.1) is 0 Å². The molecule has 3 nitrogen and oxygen atoms in total. The van der Waals surface area contributed by atoms with Gasteiger partial charge in [-0.1, -0.05) is 37.1 Å². The quantitative estimate of drug-likeness (QED) is 0.913. The molecule has 1 fully saturated rings. The van der Waals surface area contributed by atoms with Crippen LogP contribution < -0.4 is 5.32 Å². The predicted octanol–water partition coefficient (Wildman–Crippen LogP) is 3.20. The molecule has 1 saturated carbocycles. The minimum absolute atomic E-state index is 0.344. The molecule has 1 aliphatic carbocycles. The zero-order valence-electron chi connectivity index (χ0n) is 13.1. The molecular weight excluding hydrogens is 258 g/mol. The standard InChI is InChI=1S/C18H25N3/c1-21(2)18(11-5-6-12-18)14-19-13-16-10-9-15-7-3-4-8-17(15)20-16/h3-4,7-10,19H,5-6,11-14H2,1-2H3. The van der Waals surface area contributed by atoms with Crippen molar-refractivity contribution in [1.82, 2.24) is 15.2 Å². The molecular formula is C18H25N3. The molecule has 1 aromatic heterocycles.